The highest BCUT2D eigenvalue weighted by Crippen LogP contribution is 2.35. The molecule has 132 valence electrons. The number of aromatic nitrogens is 2. The molecule has 2 aromatic heterocycles. The van der Waals surface area contributed by atoms with Crippen molar-refractivity contribution in [2.75, 3.05) is 11.1 Å². The van der Waals surface area contributed by atoms with Crippen LogP contribution in [0.5, 0.6) is 0 Å². The van der Waals surface area contributed by atoms with E-state index in [1.807, 2.05) is 38.1 Å². The van der Waals surface area contributed by atoms with E-state index in [4.69, 9.17) is 5.73 Å². The zero-order chi connectivity index (χ0) is 18.4. The molecule has 1 aromatic carbocycles. The molecule has 0 radical (unpaired) electrons. The second-order valence-corrected chi connectivity index (χ2v) is 6.80. The molecule has 1 aliphatic carbocycles. The highest BCUT2D eigenvalue weighted by molar-refractivity contribution is 5.98. The van der Waals surface area contributed by atoms with Crippen molar-refractivity contribution in [1.29, 1.82) is 0 Å². The van der Waals surface area contributed by atoms with Gasteiger partial charge in [-0.15, -0.1) is 0 Å². The number of hydrogen-bond donors (Lipinski definition) is 2. The van der Waals surface area contributed by atoms with Gasteiger partial charge in [-0.3, -0.25) is 4.79 Å². The van der Waals surface area contributed by atoms with Crippen molar-refractivity contribution in [2.45, 2.75) is 26.4 Å². The van der Waals surface area contributed by atoms with Gasteiger partial charge < -0.3 is 11.1 Å². The average Bonchev–Trinajstić information content (AvgIpc) is 3.31. The number of nitrogens with one attached hydrogen (secondary N) is 1. The lowest BCUT2D eigenvalue weighted by Gasteiger charge is -2.12. The van der Waals surface area contributed by atoms with Crippen LogP contribution in [-0.4, -0.2) is 22.0 Å². The molecular formula is C20H19FN4O. The number of hydrogen-bond acceptors (Lipinski definition) is 4. The fraction of sp³-hybridized carbons (Fsp3) is 0.250. The van der Waals surface area contributed by atoms with Gasteiger partial charge in [0.25, 0.3) is 0 Å². The zero-order valence-corrected chi connectivity index (χ0v) is 14.6. The number of carbonyl (C=O) groups excluding carboxylic acids is 1. The topological polar surface area (TPSA) is 80.9 Å². The van der Waals surface area contributed by atoms with Crippen LogP contribution in [-0.2, 0) is 4.79 Å². The van der Waals surface area contributed by atoms with Gasteiger partial charge in [0, 0.05) is 17.1 Å². The van der Waals surface area contributed by atoms with Crippen LogP contribution in [0.15, 0.2) is 36.5 Å². The smallest absolute Gasteiger partial charge is 0.231 e. The second kappa shape index (κ2) is 6.05. The van der Waals surface area contributed by atoms with Gasteiger partial charge in [-0.1, -0.05) is 18.2 Å². The largest absolute Gasteiger partial charge is 0.383 e. The predicted molar refractivity (Wildman–Crippen MR) is 100 cm³/mol. The van der Waals surface area contributed by atoms with Gasteiger partial charge in [0.15, 0.2) is 0 Å². The Bertz CT molecular complexity index is 1010. The van der Waals surface area contributed by atoms with Gasteiger partial charge in [-0.2, -0.15) is 0 Å². The quantitative estimate of drug-likeness (QED) is 0.753. The molecule has 26 heavy (non-hydrogen) atoms. The summed E-state index contributed by atoms with van der Waals surface area (Å²) in [7, 11) is 0. The number of nitrogen functional groups attached to an aromatic ring is 1. The van der Waals surface area contributed by atoms with Crippen LogP contribution in [0.25, 0.3) is 22.0 Å². The fourth-order valence-corrected chi connectivity index (χ4v) is 3.24. The summed E-state index contributed by atoms with van der Waals surface area (Å²) in [5.41, 5.74) is 10.2. The van der Waals surface area contributed by atoms with Crippen LogP contribution in [0, 0.1) is 19.8 Å². The van der Waals surface area contributed by atoms with Gasteiger partial charge >= 0.3 is 0 Å². The number of halogens is 1. The maximum atomic E-state index is 13.0. The Morgan fingerprint density at radius 3 is 2.62 bits per heavy atom. The summed E-state index contributed by atoms with van der Waals surface area (Å²) in [5.74, 6) is -0.113. The lowest BCUT2D eigenvalue weighted by atomic mass is 9.98. The Balaban J connectivity index is 1.76. The van der Waals surface area contributed by atoms with Gasteiger partial charge in [0.1, 0.15) is 17.8 Å². The van der Waals surface area contributed by atoms with Crippen LogP contribution >= 0.6 is 0 Å². The molecule has 3 aromatic rings. The van der Waals surface area contributed by atoms with Crippen LogP contribution in [0.1, 0.15) is 17.5 Å². The maximum absolute atomic E-state index is 13.0. The van der Waals surface area contributed by atoms with Crippen molar-refractivity contribution < 1.29 is 9.18 Å². The number of fused-ring (bicyclic) bond motifs is 1. The van der Waals surface area contributed by atoms with Crippen molar-refractivity contribution in [3.05, 3.63) is 47.7 Å². The van der Waals surface area contributed by atoms with Crippen LogP contribution < -0.4 is 11.1 Å². The van der Waals surface area contributed by atoms with E-state index >= 15 is 0 Å². The first-order valence-electron chi connectivity index (χ1n) is 8.52. The molecule has 4 rings (SSSR count). The molecule has 3 N–H and O–H groups in total. The van der Waals surface area contributed by atoms with Gasteiger partial charge in [0.2, 0.25) is 5.91 Å². The molecule has 2 heterocycles. The van der Waals surface area contributed by atoms with Crippen LogP contribution in [0.2, 0.25) is 0 Å². The van der Waals surface area contributed by atoms with Crippen molar-refractivity contribution in [2.24, 2.45) is 5.92 Å². The van der Waals surface area contributed by atoms with Crippen molar-refractivity contribution in [3.63, 3.8) is 0 Å². The SMILES string of the molecule is Cc1cccc(C)c1-c1cc2cc(NC(=O)[C@@H]3C[C@@H]3F)ncc2c(N)n1. The van der Waals surface area contributed by atoms with E-state index in [0.717, 1.165) is 27.8 Å². The van der Waals surface area contributed by atoms with E-state index in [1.165, 1.54) is 0 Å². The second-order valence-electron chi connectivity index (χ2n) is 6.80. The van der Waals surface area contributed by atoms with E-state index in [2.05, 4.69) is 15.3 Å². The third kappa shape index (κ3) is 2.87. The Labute approximate surface area is 150 Å². The molecule has 5 nitrogen and oxygen atoms in total. The number of pyridine rings is 2. The fourth-order valence-electron chi connectivity index (χ4n) is 3.24. The van der Waals surface area contributed by atoms with Crippen LogP contribution in [0.3, 0.4) is 0 Å². The van der Waals surface area contributed by atoms with Gasteiger partial charge in [0.05, 0.1) is 11.6 Å². The first-order valence-corrected chi connectivity index (χ1v) is 8.52. The normalized spacial score (nSPS) is 18.7. The molecule has 1 amide bonds. The number of benzene rings is 1. The summed E-state index contributed by atoms with van der Waals surface area (Å²) in [5, 5.41) is 4.22. The number of nitrogens with two attached hydrogens (primary N) is 1. The van der Waals surface area contributed by atoms with Crippen molar-refractivity contribution in [3.8, 4) is 11.3 Å². The van der Waals surface area contributed by atoms with Gasteiger partial charge in [-0.05, 0) is 48.9 Å². The number of rotatable bonds is 3. The summed E-state index contributed by atoms with van der Waals surface area (Å²) >= 11 is 0. The lowest BCUT2D eigenvalue weighted by Crippen LogP contribution is -2.15. The summed E-state index contributed by atoms with van der Waals surface area (Å²) < 4.78 is 13.0. The number of nitrogens with zero attached hydrogens (tertiary/aromatic N) is 2. The van der Waals surface area contributed by atoms with E-state index in [9.17, 15) is 9.18 Å². The first kappa shape index (κ1) is 16.4. The Hall–Kier alpha value is -3.02. The monoisotopic (exact) mass is 350 g/mol. The molecular weight excluding hydrogens is 331 g/mol. The van der Waals surface area contributed by atoms with E-state index in [-0.39, 0.29) is 12.3 Å². The van der Waals surface area contributed by atoms with Crippen molar-refractivity contribution >= 4 is 28.3 Å². The number of aryl methyl sites for hydroxylation is 2. The van der Waals surface area contributed by atoms with Crippen LogP contribution in [0.4, 0.5) is 16.0 Å². The number of alkyl halides is 1. The number of amides is 1. The third-order valence-corrected chi connectivity index (χ3v) is 4.78. The van der Waals surface area contributed by atoms with E-state index < -0.39 is 12.1 Å². The van der Waals surface area contributed by atoms with E-state index in [1.54, 1.807) is 12.3 Å². The Morgan fingerprint density at radius 1 is 1.27 bits per heavy atom. The standard InChI is InChI=1S/C20H19FN4O/c1-10-4-3-5-11(2)18(10)16-6-12-7-17(23-9-14(12)19(22)24-16)25-20(26)13-8-15(13)21/h3-7,9,13,15H,8H2,1-2H3,(H2,22,24)(H,23,25,26)/t13-,15+/m1/s1. The summed E-state index contributed by atoms with van der Waals surface area (Å²) in [6.45, 7) is 4.07. The van der Waals surface area contributed by atoms with Gasteiger partial charge in [-0.25, -0.2) is 14.4 Å². The Morgan fingerprint density at radius 2 is 1.96 bits per heavy atom. The summed E-state index contributed by atoms with van der Waals surface area (Å²) in [6.07, 6.45) is 0.833. The molecule has 1 fully saturated rings. The third-order valence-electron chi connectivity index (χ3n) is 4.78. The molecule has 1 saturated carbocycles. The number of carbonyl (C=O) groups is 1. The molecule has 0 unspecified atom stereocenters. The lowest BCUT2D eigenvalue weighted by molar-refractivity contribution is -0.117. The molecule has 1 aliphatic rings. The van der Waals surface area contributed by atoms with E-state index in [0.29, 0.717) is 17.0 Å². The summed E-state index contributed by atoms with van der Waals surface area (Å²) in [6, 6.07) is 9.76. The molecule has 2 atom stereocenters. The molecule has 0 bridgehead atoms. The highest BCUT2D eigenvalue weighted by Gasteiger charge is 2.43. The Kier molecular flexibility index (Phi) is 3.83. The maximum Gasteiger partial charge on any atom is 0.231 e. The molecule has 0 spiro atoms. The molecule has 6 heteroatoms. The minimum Gasteiger partial charge on any atom is -0.383 e. The summed E-state index contributed by atoms with van der Waals surface area (Å²) in [4.78, 5) is 20.7. The zero-order valence-electron chi connectivity index (χ0n) is 14.6. The minimum absolute atomic E-state index is 0.285. The highest BCUT2D eigenvalue weighted by atomic mass is 19.1. The predicted octanol–water partition coefficient (Wildman–Crippen LogP) is 3.79. The molecule has 0 saturated heterocycles. The molecule has 0 aliphatic heterocycles. The first-order chi connectivity index (χ1) is 12.4. The minimum atomic E-state index is -1.04. The number of anilines is 2. The average molecular weight is 350 g/mol. The van der Waals surface area contributed by atoms with Crippen molar-refractivity contribution in [1.82, 2.24) is 9.97 Å².